The molecule has 0 unspecified atom stereocenters. The largest absolute Gasteiger partial charge is 0.478 e. The van der Waals surface area contributed by atoms with Crippen LogP contribution in [0.4, 0.5) is 26.3 Å². The summed E-state index contributed by atoms with van der Waals surface area (Å²) >= 11 is 0. The van der Waals surface area contributed by atoms with Crippen LogP contribution in [0.5, 0.6) is 0 Å². The maximum absolute atomic E-state index is 13.6. The van der Waals surface area contributed by atoms with Crippen molar-refractivity contribution in [3.8, 4) is 33.8 Å². The number of halogens is 6. The Bertz CT molecular complexity index is 1550. The highest BCUT2D eigenvalue weighted by atomic mass is 19.4. The van der Waals surface area contributed by atoms with Crippen molar-refractivity contribution >= 4 is 11.9 Å². The van der Waals surface area contributed by atoms with Crippen LogP contribution in [-0.4, -0.2) is 37.1 Å². The highest BCUT2D eigenvalue weighted by molar-refractivity contribution is 6.02. The van der Waals surface area contributed by atoms with Crippen LogP contribution in [0, 0.1) is 0 Å². The molecule has 4 aromatic rings. The number of hydrogen-bond acceptors (Lipinski definition) is 5. The Balaban J connectivity index is 1.82. The summed E-state index contributed by atoms with van der Waals surface area (Å²) in [6.45, 7) is 0. The summed E-state index contributed by atoms with van der Waals surface area (Å²) in [6.07, 6.45) is -8.90. The summed E-state index contributed by atoms with van der Waals surface area (Å²) in [4.78, 5) is 33.8. The molecule has 2 aromatic carbocycles. The number of hydrogen-bond donors (Lipinski definition) is 2. The van der Waals surface area contributed by atoms with Crippen molar-refractivity contribution in [3.05, 3.63) is 89.4 Å². The molecule has 38 heavy (non-hydrogen) atoms. The standard InChI is InChI=1S/C25H13F6N3O4/c26-24(27,28)19-7-5-15(11-32-19)18-10-20(25(29,30)31)34-21(33-18)14-3-1-2-12(8-14)13-4-6-16(22(35)36)17(9-13)23(37)38/h1-11H,(H,35,36)(H,37,38). The lowest BCUT2D eigenvalue weighted by Crippen LogP contribution is -2.11. The number of benzene rings is 2. The van der Waals surface area contributed by atoms with Gasteiger partial charge in [0, 0.05) is 17.3 Å². The zero-order valence-corrected chi connectivity index (χ0v) is 18.7. The molecule has 7 nitrogen and oxygen atoms in total. The van der Waals surface area contributed by atoms with Gasteiger partial charge < -0.3 is 10.2 Å². The van der Waals surface area contributed by atoms with E-state index in [0.717, 1.165) is 24.4 Å². The fourth-order valence-electron chi connectivity index (χ4n) is 3.51. The van der Waals surface area contributed by atoms with Crippen LogP contribution in [0.2, 0.25) is 0 Å². The van der Waals surface area contributed by atoms with E-state index in [1.54, 1.807) is 0 Å². The highest BCUT2D eigenvalue weighted by Crippen LogP contribution is 2.34. The third-order valence-electron chi connectivity index (χ3n) is 5.30. The van der Waals surface area contributed by atoms with Gasteiger partial charge in [-0.1, -0.05) is 24.3 Å². The molecule has 0 saturated carbocycles. The average molecular weight is 533 g/mol. The quantitative estimate of drug-likeness (QED) is 0.289. The first-order chi connectivity index (χ1) is 17.7. The predicted octanol–water partition coefficient (Wildman–Crippen LogP) is 6.31. The van der Waals surface area contributed by atoms with Gasteiger partial charge in [-0.15, -0.1) is 0 Å². The number of rotatable bonds is 5. The molecule has 0 spiro atoms. The van der Waals surface area contributed by atoms with Gasteiger partial charge in [0.1, 0.15) is 11.4 Å². The van der Waals surface area contributed by atoms with Crippen LogP contribution < -0.4 is 0 Å². The van der Waals surface area contributed by atoms with Crippen LogP contribution in [-0.2, 0) is 12.4 Å². The summed E-state index contributed by atoms with van der Waals surface area (Å²) in [5.74, 6) is -3.35. The molecule has 0 bridgehead atoms. The molecule has 0 aliphatic rings. The molecule has 0 fully saturated rings. The second-order valence-corrected chi connectivity index (χ2v) is 7.84. The number of alkyl halides is 6. The van der Waals surface area contributed by atoms with E-state index >= 15 is 0 Å². The minimum atomic E-state index is -4.91. The topological polar surface area (TPSA) is 113 Å². The maximum Gasteiger partial charge on any atom is 0.433 e. The fraction of sp³-hybridized carbons (Fsp3) is 0.0800. The van der Waals surface area contributed by atoms with Crippen molar-refractivity contribution in [1.29, 1.82) is 0 Å². The maximum atomic E-state index is 13.6. The molecule has 0 radical (unpaired) electrons. The van der Waals surface area contributed by atoms with Crippen molar-refractivity contribution in [2.24, 2.45) is 0 Å². The van der Waals surface area contributed by atoms with Crippen LogP contribution in [0.1, 0.15) is 32.1 Å². The van der Waals surface area contributed by atoms with E-state index in [2.05, 4.69) is 15.0 Å². The molecular formula is C25H13F6N3O4. The summed E-state index contributed by atoms with van der Waals surface area (Å²) in [5.41, 5.74) is -3.30. The zero-order chi connectivity index (χ0) is 27.8. The van der Waals surface area contributed by atoms with Gasteiger partial charge in [0.25, 0.3) is 0 Å². The molecule has 2 N–H and O–H groups in total. The number of carboxylic acid groups (broad SMARTS) is 2. The van der Waals surface area contributed by atoms with Gasteiger partial charge in [0.15, 0.2) is 5.82 Å². The number of pyridine rings is 1. The predicted molar refractivity (Wildman–Crippen MR) is 120 cm³/mol. The van der Waals surface area contributed by atoms with Crippen molar-refractivity contribution in [3.63, 3.8) is 0 Å². The van der Waals surface area contributed by atoms with Crippen molar-refractivity contribution < 1.29 is 46.1 Å². The van der Waals surface area contributed by atoms with E-state index in [0.29, 0.717) is 17.7 Å². The normalized spacial score (nSPS) is 11.8. The zero-order valence-electron chi connectivity index (χ0n) is 18.7. The number of carbonyl (C=O) groups is 2. The molecule has 0 amide bonds. The van der Waals surface area contributed by atoms with Gasteiger partial charge in [-0.25, -0.2) is 19.6 Å². The smallest absolute Gasteiger partial charge is 0.433 e. The minimum absolute atomic E-state index is 0.0777. The van der Waals surface area contributed by atoms with E-state index in [-0.39, 0.29) is 22.4 Å². The number of carboxylic acids is 2. The first kappa shape index (κ1) is 26.3. The molecule has 2 heterocycles. The Morgan fingerprint density at radius 2 is 1.24 bits per heavy atom. The monoisotopic (exact) mass is 533 g/mol. The second kappa shape index (κ2) is 9.57. The van der Waals surface area contributed by atoms with E-state index in [1.807, 2.05) is 0 Å². The van der Waals surface area contributed by atoms with Gasteiger partial charge in [-0.05, 0) is 47.5 Å². The number of aromatic nitrogens is 3. The fourth-order valence-corrected chi connectivity index (χ4v) is 3.51. The molecule has 0 aliphatic carbocycles. The van der Waals surface area contributed by atoms with Gasteiger partial charge in [0.05, 0.1) is 16.8 Å². The lowest BCUT2D eigenvalue weighted by Gasteiger charge is -2.12. The Morgan fingerprint density at radius 3 is 1.82 bits per heavy atom. The third-order valence-corrected chi connectivity index (χ3v) is 5.30. The lowest BCUT2D eigenvalue weighted by molar-refractivity contribution is -0.141. The average Bonchev–Trinajstić information content (AvgIpc) is 2.87. The molecule has 4 rings (SSSR count). The van der Waals surface area contributed by atoms with Crippen molar-refractivity contribution in [2.45, 2.75) is 12.4 Å². The molecule has 0 atom stereocenters. The van der Waals surface area contributed by atoms with E-state index in [1.165, 1.54) is 30.3 Å². The third kappa shape index (κ3) is 5.45. The lowest BCUT2D eigenvalue weighted by atomic mass is 9.97. The Kier molecular flexibility index (Phi) is 6.62. The number of aromatic carboxylic acids is 2. The van der Waals surface area contributed by atoms with Crippen LogP contribution >= 0.6 is 0 Å². The minimum Gasteiger partial charge on any atom is -0.478 e. The van der Waals surface area contributed by atoms with E-state index in [4.69, 9.17) is 0 Å². The van der Waals surface area contributed by atoms with Gasteiger partial charge in [-0.3, -0.25) is 4.98 Å². The first-order valence-electron chi connectivity index (χ1n) is 10.5. The van der Waals surface area contributed by atoms with Gasteiger partial charge in [-0.2, -0.15) is 26.3 Å². The van der Waals surface area contributed by atoms with Crippen molar-refractivity contribution in [2.75, 3.05) is 0 Å². The van der Waals surface area contributed by atoms with Crippen LogP contribution in [0.3, 0.4) is 0 Å². The Labute approximate surface area is 209 Å². The summed E-state index contributed by atoms with van der Waals surface area (Å²) in [5, 5.41) is 18.6. The van der Waals surface area contributed by atoms with E-state index in [9.17, 15) is 46.1 Å². The summed E-state index contributed by atoms with van der Waals surface area (Å²) in [7, 11) is 0. The molecular weight excluding hydrogens is 520 g/mol. The highest BCUT2D eigenvalue weighted by Gasteiger charge is 2.35. The SMILES string of the molecule is O=C(O)c1ccc(-c2cccc(-c3nc(-c4ccc(C(F)(F)F)nc4)cc(C(F)(F)F)n3)c2)cc1C(=O)O. The molecule has 2 aromatic heterocycles. The van der Waals surface area contributed by atoms with Crippen molar-refractivity contribution in [1.82, 2.24) is 15.0 Å². The Morgan fingerprint density at radius 1 is 0.632 bits per heavy atom. The molecule has 0 aliphatic heterocycles. The van der Waals surface area contributed by atoms with E-state index < -0.39 is 52.6 Å². The van der Waals surface area contributed by atoms with Crippen LogP contribution in [0.15, 0.2) is 66.9 Å². The van der Waals surface area contributed by atoms with Gasteiger partial charge >= 0.3 is 24.3 Å². The van der Waals surface area contributed by atoms with Crippen LogP contribution in [0.25, 0.3) is 33.8 Å². The van der Waals surface area contributed by atoms with Gasteiger partial charge in [0.2, 0.25) is 0 Å². The molecule has 194 valence electrons. The molecule has 0 saturated heterocycles. The first-order valence-corrected chi connectivity index (χ1v) is 10.5. The second-order valence-electron chi connectivity index (χ2n) is 7.84. The molecule has 13 heteroatoms. The Hall–Kier alpha value is -4.81. The number of nitrogens with zero attached hydrogens (tertiary/aromatic N) is 3. The summed E-state index contributed by atoms with van der Waals surface area (Å²) in [6, 6.07) is 11.4. The summed E-state index contributed by atoms with van der Waals surface area (Å²) < 4.78 is 79.3.